The Morgan fingerprint density at radius 1 is 1.00 bits per heavy atom. The molecule has 5 atom stereocenters. The van der Waals surface area contributed by atoms with Crippen LogP contribution in [0.4, 0.5) is 0 Å². The van der Waals surface area contributed by atoms with Crippen LogP contribution in [-0.2, 0) is 11.2 Å². The fraction of sp³-hybridized carbons (Fsp3) is 0.429. The number of hydrogen-bond acceptors (Lipinski definition) is 5. The predicted octanol–water partition coefficient (Wildman–Crippen LogP) is 2.87. The van der Waals surface area contributed by atoms with Gasteiger partial charge in [0.15, 0.2) is 0 Å². The van der Waals surface area contributed by atoms with Gasteiger partial charge in [-0.1, -0.05) is 35.9 Å². The summed E-state index contributed by atoms with van der Waals surface area (Å²) < 4.78 is 11.2. The Morgan fingerprint density at radius 3 is 2.37 bits per heavy atom. The van der Waals surface area contributed by atoms with Gasteiger partial charge in [-0.25, -0.2) is 0 Å². The van der Waals surface area contributed by atoms with Crippen LogP contribution in [0.25, 0.3) is 0 Å². The molecule has 6 heteroatoms. The Balaban J connectivity index is 1.82. The average molecular weight is 393 g/mol. The molecule has 146 valence electrons. The molecule has 1 aliphatic heterocycles. The van der Waals surface area contributed by atoms with Crippen molar-refractivity contribution in [3.05, 3.63) is 64.2 Å². The summed E-state index contributed by atoms with van der Waals surface area (Å²) in [6, 6.07) is 13.2. The first-order chi connectivity index (χ1) is 12.9. The van der Waals surface area contributed by atoms with Gasteiger partial charge in [0.1, 0.15) is 30.2 Å². The summed E-state index contributed by atoms with van der Waals surface area (Å²) in [6.07, 6.45) is -4.29. The topological polar surface area (TPSA) is 79.2 Å². The van der Waals surface area contributed by atoms with Gasteiger partial charge in [0, 0.05) is 5.02 Å². The van der Waals surface area contributed by atoms with E-state index in [9.17, 15) is 15.3 Å². The maximum Gasteiger partial charge on any atom is 0.119 e. The van der Waals surface area contributed by atoms with E-state index >= 15 is 0 Å². The minimum Gasteiger partial charge on any atom is -0.494 e. The SMILES string of the molecule is CCOc1ccc(Cc2cc([C@@H]3OC(C)[C@@H](O)[C@H](O)[C@H]3O)ccc2Cl)cc1. The van der Waals surface area contributed by atoms with E-state index in [-0.39, 0.29) is 0 Å². The molecule has 0 aliphatic carbocycles. The van der Waals surface area contributed by atoms with Crippen LogP contribution in [0.2, 0.25) is 5.02 Å². The van der Waals surface area contributed by atoms with Crippen LogP contribution >= 0.6 is 11.6 Å². The van der Waals surface area contributed by atoms with Gasteiger partial charge < -0.3 is 24.8 Å². The molecule has 1 unspecified atom stereocenters. The number of halogens is 1. The van der Waals surface area contributed by atoms with Gasteiger partial charge in [0.25, 0.3) is 0 Å². The molecule has 1 aliphatic rings. The molecule has 2 aromatic rings. The molecule has 3 rings (SSSR count). The average Bonchev–Trinajstić information content (AvgIpc) is 2.66. The van der Waals surface area contributed by atoms with E-state index in [0.717, 1.165) is 16.9 Å². The second kappa shape index (κ2) is 8.59. The van der Waals surface area contributed by atoms with E-state index in [1.807, 2.05) is 37.3 Å². The third-order valence-electron chi connectivity index (χ3n) is 4.88. The Labute approximate surface area is 164 Å². The zero-order valence-corrected chi connectivity index (χ0v) is 16.1. The number of ether oxygens (including phenoxy) is 2. The van der Waals surface area contributed by atoms with Gasteiger partial charge >= 0.3 is 0 Å². The van der Waals surface area contributed by atoms with E-state index in [2.05, 4.69) is 0 Å². The molecule has 27 heavy (non-hydrogen) atoms. The summed E-state index contributed by atoms with van der Waals surface area (Å²) in [4.78, 5) is 0. The Bertz CT molecular complexity index is 764. The molecule has 3 N–H and O–H groups in total. The van der Waals surface area contributed by atoms with Gasteiger partial charge in [-0.2, -0.15) is 0 Å². The van der Waals surface area contributed by atoms with Crippen LogP contribution in [0.15, 0.2) is 42.5 Å². The van der Waals surface area contributed by atoms with Crippen molar-refractivity contribution < 1.29 is 24.8 Å². The van der Waals surface area contributed by atoms with Gasteiger partial charge in [0.2, 0.25) is 0 Å². The molecule has 0 radical (unpaired) electrons. The molecule has 2 aromatic carbocycles. The second-order valence-corrected chi connectivity index (χ2v) is 7.25. The predicted molar refractivity (Wildman–Crippen MR) is 103 cm³/mol. The monoisotopic (exact) mass is 392 g/mol. The lowest BCUT2D eigenvalue weighted by Gasteiger charge is -2.39. The lowest BCUT2D eigenvalue weighted by atomic mass is 9.90. The minimum atomic E-state index is -1.26. The summed E-state index contributed by atoms with van der Waals surface area (Å²) in [7, 11) is 0. The van der Waals surface area contributed by atoms with Crippen molar-refractivity contribution in [2.45, 2.75) is 50.8 Å². The third kappa shape index (κ3) is 4.45. The van der Waals surface area contributed by atoms with Gasteiger partial charge in [-0.15, -0.1) is 0 Å². The Kier molecular flexibility index (Phi) is 6.40. The van der Waals surface area contributed by atoms with E-state index in [0.29, 0.717) is 23.6 Å². The quantitative estimate of drug-likeness (QED) is 0.729. The van der Waals surface area contributed by atoms with E-state index in [4.69, 9.17) is 21.1 Å². The fourth-order valence-corrected chi connectivity index (χ4v) is 3.51. The first-order valence-electron chi connectivity index (χ1n) is 9.10. The highest BCUT2D eigenvalue weighted by Gasteiger charge is 2.42. The van der Waals surface area contributed by atoms with Crippen LogP contribution < -0.4 is 4.74 Å². The van der Waals surface area contributed by atoms with E-state index < -0.39 is 30.5 Å². The molecule has 0 bridgehead atoms. The molecule has 5 nitrogen and oxygen atoms in total. The highest BCUT2D eigenvalue weighted by atomic mass is 35.5. The number of aliphatic hydroxyl groups is 3. The number of benzene rings is 2. The highest BCUT2D eigenvalue weighted by molar-refractivity contribution is 6.31. The van der Waals surface area contributed by atoms with E-state index in [1.165, 1.54) is 0 Å². The molecule has 1 heterocycles. The summed E-state index contributed by atoms with van der Waals surface area (Å²) >= 11 is 6.37. The van der Waals surface area contributed by atoms with Crippen LogP contribution in [0.1, 0.15) is 36.6 Å². The molecule has 0 aromatic heterocycles. The first kappa shape index (κ1) is 20.1. The van der Waals surface area contributed by atoms with Crippen molar-refractivity contribution in [2.24, 2.45) is 0 Å². The van der Waals surface area contributed by atoms with Crippen LogP contribution in [0.3, 0.4) is 0 Å². The van der Waals surface area contributed by atoms with Gasteiger partial charge in [0.05, 0.1) is 12.7 Å². The standard InChI is InChI=1S/C21H25ClO5/c1-3-26-16-7-4-13(5-8-16)10-15-11-14(6-9-17(15)22)21-20(25)19(24)18(23)12(2)27-21/h4-9,11-12,18-21,23-25H,3,10H2,1-2H3/t12?,18-,19+,20-,21+/m1/s1. The summed E-state index contributed by atoms with van der Waals surface area (Å²) in [6.45, 7) is 4.23. The summed E-state index contributed by atoms with van der Waals surface area (Å²) in [5.41, 5.74) is 2.68. The molecule has 1 saturated heterocycles. The van der Waals surface area contributed by atoms with Crippen molar-refractivity contribution in [3.8, 4) is 5.75 Å². The zero-order valence-electron chi connectivity index (χ0n) is 15.4. The van der Waals surface area contributed by atoms with Crippen LogP contribution in [0.5, 0.6) is 5.75 Å². The van der Waals surface area contributed by atoms with Crippen molar-refractivity contribution in [3.63, 3.8) is 0 Å². The molecule has 1 fully saturated rings. The van der Waals surface area contributed by atoms with Gasteiger partial charge in [-0.05, 0) is 55.2 Å². The van der Waals surface area contributed by atoms with Gasteiger partial charge in [-0.3, -0.25) is 0 Å². The molecule has 0 spiro atoms. The molecular weight excluding hydrogens is 368 g/mol. The molecule has 0 amide bonds. The number of aliphatic hydroxyl groups excluding tert-OH is 3. The lowest BCUT2D eigenvalue weighted by Crippen LogP contribution is -2.53. The number of rotatable bonds is 5. The van der Waals surface area contributed by atoms with Crippen molar-refractivity contribution in [1.82, 2.24) is 0 Å². The van der Waals surface area contributed by atoms with Crippen molar-refractivity contribution >= 4 is 11.6 Å². The van der Waals surface area contributed by atoms with E-state index in [1.54, 1.807) is 19.1 Å². The third-order valence-corrected chi connectivity index (χ3v) is 5.25. The van der Waals surface area contributed by atoms with Crippen molar-refractivity contribution in [2.75, 3.05) is 6.61 Å². The van der Waals surface area contributed by atoms with Crippen LogP contribution in [0, 0.1) is 0 Å². The number of hydrogen-bond donors (Lipinski definition) is 3. The smallest absolute Gasteiger partial charge is 0.119 e. The lowest BCUT2D eigenvalue weighted by molar-refractivity contribution is -0.219. The molecule has 0 saturated carbocycles. The minimum absolute atomic E-state index is 0.585. The van der Waals surface area contributed by atoms with Crippen LogP contribution in [-0.4, -0.2) is 46.3 Å². The normalized spacial score (nSPS) is 28.1. The zero-order chi connectivity index (χ0) is 19.6. The summed E-state index contributed by atoms with van der Waals surface area (Å²) in [5.74, 6) is 0.821. The summed E-state index contributed by atoms with van der Waals surface area (Å²) in [5, 5.41) is 30.9. The fourth-order valence-electron chi connectivity index (χ4n) is 3.32. The first-order valence-corrected chi connectivity index (χ1v) is 9.48. The maximum atomic E-state index is 10.3. The largest absolute Gasteiger partial charge is 0.494 e. The second-order valence-electron chi connectivity index (χ2n) is 6.84. The maximum absolute atomic E-state index is 10.3. The van der Waals surface area contributed by atoms with Crippen molar-refractivity contribution in [1.29, 1.82) is 0 Å². The highest BCUT2D eigenvalue weighted by Crippen LogP contribution is 2.34. The molecular formula is C21H25ClO5. The Morgan fingerprint density at radius 2 is 1.70 bits per heavy atom. The Hall–Kier alpha value is -1.63.